The molecule has 0 aromatic heterocycles. The Hall–Kier alpha value is -2.97. The van der Waals surface area contributed by atoms with Gasteiger partial charge in [-0.3, -0.25) is 4.79 Å². The lowest BCUT2D eigenvalue weighted by Gasteiger charge is -2.40. The summed E-state index contributed by atoms with van der Waals surface area (Å²) in [5.74, 6) is 0.0955. The van der Waals surface area contributed by atoms with E-state index in [2.05, 4.69) is 63.6 Å². The second kappa shape index (κ2) is 14.3. The van der Waals surface area contributed by atoms with Crippen LogP contribution < -0.4 is 10.6 Å². The van der Waals surface area contributed by atoms with Gasteiger partial charge in [0.1, 0.15) is 5.75 Å². The van der Waals surface area contributed by atoms with Crippen molar-refractivity contribution in [3.63, 3.8) is 0 Å². The van der Waals surface area contributed by atoms with Crippen LogP contribution in [0.5, 0.6) is 5.75 Å². The van der Waals surface area contributed by atoms with Crippen molar-refractivity contribution < 1.29 is 19.4 Å². The summed E-state index contributed by atoms with van der Waals surface area (Å²) >= 11 is 0. The summed E-state index contributed by atoms with van der Waals surface area (Å²) in [4.78, 5) is 12.7. The molecule has 0 saturated heterocycles. The smallest absolute Gasteiger partial charge is 0.224 e. The van der Waals surface area contributed by atoms with Gasteiger partial charge in [0, 0.05) is 18.2 Å². The minimum absolute atomic E-state index is 0.00597. The average Bonchev–Trinajstić information content (AvgIpc) is 2.91. The van der Waals surface area contributed by atoms with Crippen LogP contribution in [0, 0.1) is 0 Å². The van der Waals surface area contributed by atoms with E-state index in [0.717, 1.165) is 23.1 Å². The van der Waals surface area contributed by atoms with E-state index in [1.807, 2.05) is 61.5 Å². The minimum atomic E-state index is -2.10. The molecule has 0 heterocycles. The van der Waals surface area contributed by atoms with Crippen LogP contribution in [-0.4, -0.2) is 37.0 Å². The van der Waals surface area contributed by atoms with Crippen LogP contribution in [0.1, 0.15) is 74.6 Å². The minimum Gasteiger partial charge on any atom is -0.508 e. The first-order chi connectivity index (χ1) is 19.3. The molecule has 41 heavy (non-hydrogen) atoms. The van der Waals surface area contributed by atoms with Crippen LogP contribution in [0.15, 0.2) is 72.8 Å². The molecule has 0 bridgehead atoms. The van der Waals surface area contributed by atoms with Gasteiger partial charge in [0.2, 0.25) is 5.91 Å². The van der Waals surface area contributed by atoms with Gasteiger partial charge in [0.15, 0.2) is 8.32 Å². The van der Waals surface area contributed by atoms with Crippen LogP contribution in [0.3, 0.4) is 0 Å². The number of phenols is 1. The number of nitrogens with one attached hydrogen (secondary N) is 2. The first kappa shape index (κ1) is 32.5. The molecule has 0 fully saturated rings. The van der Waals surface area contributed by atoms with Crippen LogP contribution in [-0.2, 0) is 28.7 Å². The number of aromatic hydroxyl groups is 1. The van der Waals surface area contributed by atoms with Gasteiger partial charge in [-0.15, -0.1) is 0 Å². The summed E-state index contributed by atoms with van der Waals surface area (Å²) in [6, 6.07) is 23.7. The van der Waals surface area contributed by atoms with Gasteiger partial charge < -0.3 is 25.3 Å². The van der Waals surface area contributed by atoms with Gasteiger partial charge in [0.05, 0.1) is 25.2 Å². The molecule has 0 aliphatic rings. The lowest BCUT2D eigenvalue weighted by Crippen LogP contribution is -2.44. The maximum Gasteiger partial charge on any atom is 0.224 e. The van der Waals surface area contributed by atoms with Gasteiger partial charge in [-0.1, -0.05) is 81.4 Å². The zero-order valence-electron chi connectivity index (χ0n) is 25.7. The van der Waals surface area contributed by atoms with E-state index >= 15 is 0 Å². The number of hydrogen-bond donors (Lipinski definition) is 4. The monoisotopic (exact) mass is 576 g/mol. The van der Waals surface area contributed by atoms with Gasteiger partial charge in [-0.05, 0) is 72.8 Å². The Labute approximate surface area is 247 Å². The SMILES string of the molecule is CC(Cc1cccc(CC(=O)NC(C)c2ccccc2)c1)NCC(O[Si](C)(C)C(C)(C)C)c1ccc(O)c(CO)c1. The molecular formula is C34H48N2O4Si. The molecule has 3 aromatic carbocycles. The molecule has 4 N–H and O–H groups in total. The topological polar surface area (TPSA) is 90.8 Å². The molecule has 0 radical (unpaired) electrons. The van der Waals surface area contributed by atoms with E-state index in [4.69, 9.17) is 4.43 Å². The summed E-state index contributed by atoms with van der Waals surface area (Å²) in [5, 5.41) is 26.6. The van der Waals surface area contributed by atoms with Crippen LogP contribution in [0.25, 0.3) is 0 Å². The number of amides is 1. The highest BCUT2D eigenvalue weighted by molar-refractivity contribution is 6.74. The Morgan fingerprint density at radius 2 is 1.61 bits per heavy atom. The van der Waals surface area contributed by atoms with Crippen LogP contribution in [0.4, 0.5) is 0 Å². The fourth-order valence-electron chi connectivity index (χ4n) is 4.60. The number of carbonyl (C=O) groups excluding carboxylic acids is 1. The van der Waals surface area contributed by atoms with Crippen LogP contribution >= 0.6 is 0 Å². The first-order valence-electron chi connectivity index (χ1n) is 14.5. The Morgan fingerprint density at radius 3 is 2.27 bits per heavy atom. The molecule has 6 nitrogen and oxygen atoms in total. The zero-order chi connectivity index (χ0) is 30.2. The van der Waals surface area contributed by atoms with E-state index in [0.29, 0.717) is 18.5 Å². The highest BCUT2D eigenvalue weighted by Crippen LogP contribution is 2.40. The maximum absolute atomic E-state index is 12.7. The molecule has 3 aromatic rings. The highest BCUT2D eigenvalue weighted by Gasteiger charge is 2.39. The summed E-state index contributed by atoms with van der Waals surface area (Å²) in [5.41, 5.74) is 4.69. The molecule has 1 amide bonds. The number of carbonyl (C=O) groups is 1. The van der Waals surface area contributed by atoms with Crippen LogP contribution in [0.2, 0.25) is 18.1 Å². The van der Waals surface area contributed by atoms with Gasteiger partial charge in [-0.25, -0.2) is 0 Å². The molecule has 0 saturated carbocycles. The first-order valence-corrected chi connectivity index (χ1v) is 17.5. The van der Waals surface area contributed by atoms with E-state index in [-0.39, 0.29) is 41.5 Å². The Bertz CT molecular complexity index is 1270. The fraction of sp³-hybridized carbons (Fsp3) is 0.441. The number of aliphatic hydroxyl groups excluding tert-OH is 1. The summed E-state index contributed by atoms with van der Waals surface area (Å²) in [6.45, 7) is 15.7. The lowest BCUT2D eigenvalue weighted by molar-refractivity contribution is -0.121. The summed E-state index contributed by atoms with van der Waals surface area (Å²) < 4.78 is 6.82. The van der Waals surface area contributed by atoms with E-state index in [9.17, 15) is 15.0 Å². The molecule has 0 aliphatic carbocycles. The van der Waals surface area contributed by atoms with Crippen molar-refractivity contribution >= 4 is 14.2 Å². The fourth-order valence-corrected chi connectivity index (χ4v) is 5.88. The quantitative estimate of drug-likeness (QED) is 0.172. The predicted molar refractivity (Wildman–Crippen MR) is 169 cm³/mol. The normalized spacial score (nSPS) is 14.3. The number of hydrogen-bond acceptors (Lipinski definition) is 5. The van der Waals surface area contributed by atoms with Gasteiger partial charge in [0.25, 0.3) is 0 Å². The molecule has 222 valence electrons. The number of aliphatic hydroxyl groups is 1. The van der Waals surface area contributed by atoms with E-state index in [1.165, 1.54) is 5.56 Å². The van der Waals surface area contributed by atoms with Crippen molar-refractivity contribution in [2.75, 3.05) is 6.54 Å². The van der Waals surface area contributed by atoms with E-state index < -0.39 is 8.32 Å². The summed E-state index contributed by atoms with van der Waals surface area (Å²) in [6.07, 6.45) is 0.926. The number of rotatable bonds is 13. The van der Waals surface area contributed by atoms with Crippen molar-refractivity contribution in [1.82, 2.24) is 10.6 Å². The maximum atomic E-state index is 12.7. The largest absolute Gasteiger partial charge is 0.508 e. The standard InChI is InChI=1S/C34H48N2O4Si/c1-24(18-26-12-11-13-27(19-26)20-33(39)36-25(2)28-14-9-8-10-15-28)35-22-32(40-41(6,7)34(3,4)5)29-16-17-31(38)30(21-29)23-37/h8-17,19,21,24-25,32,35,37-38H,18,20,22-23H2,1-7H3,(H,36,39). The predicted octanol–water partition coefficient (Wildman–Crippen LogP) is 6.59. The third kappa shape index (κ3) is 9.53. The zero-order valence-corrected chi connectivity index (χ0v) is 26.7. The van der Waals surface area contributed by atoms with Gasteiger partial charge >= 0.3 is 0 Å². The molecule has 3 atom stereocenters. The Balaban J connectivity index is 1.64. The Kier molecular flexibility index (Phi) is 11.3. The molecule has 0 spiro atoms. The second-order valence-corrected chi connectivity index (χ2v) is 17.4. The third-order valence-electron chi connectivity index (χ3n) is 8.12. The van der Waals surface area contributed by atoms with Crippen molar-refractivity contribution in [3.05, 3.63) is 101 Å². The molecule has 0 aliphatic heterocycles. The Morgan fingerprint density at radius 1 is 0.927 bits per heavy atom. The summed E-state index contributed by atoms with van der Waals surface area (Å²) in [7, 11) is -2.10. The molecule has 3 unspecified atom stereocenters. The third-order valence-corrected chi connectivity index (χ3v) is 12.6. The number of benzene rings is 3. The molecule has 7 heteroatoms. The van der Waals surface area contributed by atoms with E-state index in [1.54, 1.807) is 6.07 Å². The van der Waals surface area contributed by atoms with Gasteiger partial charge in [-0.2, -0.15) is 0 Å². The lowest BCUT2D eigenvalue weighted by atomic mass is 10.0. The second-order valence-electron chi connectivity index (χ2n) is 12.6. The molecule has 3 rings (SSSR count). The molecular weight excluding hydrogens is 528 g/mol. The van der Waals surface area contributed by atoms with Crippen molar-refractivity contribution in [2.45, 2.75) is 90.4 Å². The van der Waals surface area contributed by atoms with Crippen molar-refractivity contribution in [2.24, 2.45) is 0 Å². The average molecular weight is 577 g/mol. The van der Waals surface area contributed by atoms with Crippen molar-refractivity contribution in [1.29, 1.82) is 0 Å². The van der Waals surface area contributed by atoms with Crippen molar-refractivity contribution in [3.8, 4) is 5.75 Å². The highest BCUT2D eigenvalue weighted by atomic mass is 28.4.